The zero-order valence-electron chi connectivity index (χ0n) is 18.8. The monoisotopic (exact) mass is 666 g/mol. The van der Waals surface area contributed by atoms with E-state index in [9.17, 15) is 0 Å². The van der Waals surface area contributed by atoms with Gasteiger partial charge in [-0.05, 0) is 6.42 Å². The molecule has 0 radical (unpaired) electrons. The van der Waals surface area contributed by atoms with E-state index in [1.165, 1.54) is 40.8 Å². The fraction of sp³-hybridized carbons (Fsp3) is 0.0667. The predicted octanol–water partition coefficient (Wildman–Crippen LogP) is 1.64. The minimum absolute atomic E-state index is 0. The average Bonchev–Trinajstić information content (AvgIpc) is 3.61. The van der Waals surface area contributed by atoms with Gasteiger partial charge in [-0.25, -0.2) is 12.1 Å². The van der Waals surface area contributed by atoms with Crippen molar-refractivity contribution >= 4 is 14.6 Å². The van der Waals surface area contributed by atoms with Gasteiger partial charge in [-0.3, -0.25) is 0 Å². The molecule has 0 bridgehead atoms. The van der Waals surface area contributed by atoms with Gasteiger partial charge in [-0.2, -0.15) is 48.0 Å². The fourth-order valence-electron chi connectivity index (χ4n) is 3.63. The summed E-state index contributed by atoms with van der Waals surface area (Å²) in [7, 11) is 0. The largest absolute Gasteiger partial charge is 1.00 e. The van der Waals surface area contributed by atoms with Gasteiger partial charge in [0.25, 0.3) is 0 Å². The Morgan fingerprint density at radius 3 is 2.12 bits per heavy atom. The average molecular weight is 666 g/mol. The van der Waals surface area contributed by atoms with Gasteiger partial charge >= 0.3 is 103 Å². The van der Waals surface area contributed by atoms with Crippen LogP contribution in [0, 0.1) is 13.0 Å². The van der Waals surface area contributed by atoms with E-state index in [4.69, 9.17) is 0 Å². The maximum Gasteiger partial charge on any atom is -0.0253 e. The molecule has 1 aliphatic rings. The SMILES string of the molecule is Cc1ccc([C](=[Hf+2])c2ccccc2)s1.[Cl-].[Cl-].[c-]1cccc2c1Cc1ccccc1-2.c1cc[cH-]c1. The van der Waals surface area contributed by atoms with Crippen LogP contribution in [0.15, 0.2) is 115 Å². The van der Waals surface area contributed by atoms with Crippen LogP contribution in [0.4, 0.5) is 0 Å². The smallest absolute Gasteiger partial charge is 0.0253 e. The van der Waals surface area contributed by atoms with Crippen molar-refractivity contribution < 1.29 is 48.7 Å². The van der Waals surface area contributed by atoms with Crippen molar-refractivity contribution in [3.05, 3.63) is 148 Å². The molecule has 0 amide bonds. The van der Waals surface area contributed by atoms with Crippen molar-refractivity contribution in [1.82, 2.24) is 0 Å². The molecule has 4 aromatic carbocycles. The number of hydrogen-bond donors (Lipinski definition) is 0. The second-order valence-corrected chi connectivity index (χ2v) is 10.6. The number of rotatable bonds is 2. The van der Waals surface area contributed by atoms with Gasteiger partial charge in [-0.15, -0.1) is 5.56 Å². The summed E-state index contributed by atoms with van der Waals surface area (Å²) in [5.74, 6) is 0. The summed E-state index contributed by atoms with van der Waals surface area (Å²) in [5, 5.41) is 0. The Labute approximate surface area is 233 Å². The van der Waals surface area contributed by atoms with Crippen molar-refractivity contribution in [3.63, 3.8) is 0 Å². The van der Waals surface area contributed by atoms with Crippen molar-refractivity contribution in [2.24, 2.45) is 0 Å². The van der Waals surface area contributed by atoms with Crippen molar-refractivity contribution in [2.75, 3.05) is 0 Å². The standard InChI is InChI=1S/C13H9.C12H10S.C5H5.2ClH.Hf/c1-3-7-12-10(5-1)9-11-6-2-4-8-13(11)12;1-10-7-8-12(13-10)9-11-5-3-2-4-6-11;1-2-4-5-3-1;;;/h1-5,7-8H,9H2;2-8H,1H3;1-5H;2*1H;/q-1;;-1;;;+2/p-2. The van der Waals surface area contributed by atoms with Crippen LogP contribution in [0.5, 0.6) is 0 Å². The Morgan fingerprint density at radius 1 is 0.794 bits per heavy atom. The molecule has 0 N–H and O–H groups in total. The Bertz CT molecular complexity index is 1210. The summed E-state index contributed by atoms with van der Waals surface area (Å²) in [6.07, 6.45) is 1.05. The molecule has 0 spiro atoms. The first-order valence-corrected chi connectivity index (χ1v) is 13.3. The van der Waals surface area contributed by atoms with E-state index < -0.39 is 0 Å². The fourth-order valence-corrected chi connectivity index (χ4v) is 5.92. The zero-order chi connectivity index (χ0) is 22.2. The molecule has 0 saturated heterocycles. The summed E-state index contributed by atoms with van der Waals surface area (Å²) in [6, 6.07) is 43.2. The van der Waals surface area contributed by atoms with Gasteiger partial charge in [0.1, 0.15) is 0 Å². The minimum atomic E-state index is 0. The van der Waals surface area contributed by atoms with Crippen LogP contribution in [0.1, 0.15) is 26.4 Å². The molecule has 170 valence electrons. The van der Waals surface area contributed by atoms with Gasteiger partial charge < -0.3 is 24.8 Å². The van der Waals surface area contributed by atoms with Crippen LogP contribution in [0.3, 0.4) is 0 Å². The number of halogens is 2. The minimum Gasteiger partial charge on any atom is -1.00 e. The third kappa shape index (κ3) is 7.52. The van der Waals surface area contributed by atoms with Gasteiger partial charge in [-0.1, -0.05) is 35.4 Å². The maximum atomic E-state index is 3.30. The molecule has 4 heteroatoms. The molecule has 6 rings (SSSR count). The summed E-state index contributed by atoms with van der Waals surface area (Å²) in [6.45, 7) is 2.16. The molecule has 0 saturated carbocycles. The molecule has 1 heterocycles. The Morgan fingerprint density at radius 2 is 1.47 bits per heavy atom. The molecular formula is C30H24Cl2HfS-2. The van der Waals surface area contributed by atoms with Crippen LogP contribution >= 0.6 is 11.3 Å². The van der Waals surface area contributed by atoms with E-state index in [1.54, 1.807) is 0 Å². The summed E-state index contributed by atoms with van der Waals surface area (Å²) < 4.78 is 1.50. The van der Waals surface area contributed by atoms with E-state index in [0.717, 1.165) is 30.3 Å². The number of thiophene rings is 1. The maximum absolute atomic E-state index is 3.30. The first-order valence-electron chi connectivity index (χ1n) is 10.7. The molecule has 0 aliphatic heterocycles. The zero-order valence-corrected chi connectivity index (χ0v) is 24.8. The second-order valence-electron chi connectivity index (χ2n) is 7.51. The molecule has 0 fully saturated rings. The summed E-state index contributed by atoms with van der Waals surface area (Å²) in [5.41, 5.74) is 6.89. The van der Waals surface area contributed by atoms with Crippen molar-refractivity contribution in [1.29, 1.82) is 0 Å². The quantitative estimate of drug-likeness (QED) is 0.195. The van der Waals surface area contributed by atoms with Crippen molar-refractivity contribution in [3.8, 4) is 11.1 Å². The normalized spacial score (nSPS) is 10.1. The number of benzene rings is 3. The molecule has 1 aliphatic carbocycles. The van der Waals surface area contributed by atoms with Crippen molar-refractivity contribution in [2.45, 2.75) is 13.3 Å². The van der Waals surface area contributed by atoms with E-state index in [1.807, 2.05) is 47.7 Å². The Kier molecular flexibility index (Phi) is 12.0. The molecule has 0 nitrogen and oxygen atoms in total. The van der Waals surface area contributed by atoms with Gasteiger partial charge in [0, 0.05) is 0 Å². The number of hydrogen-bond acceptors (Lipinski definition) is 1. The van der Waals surface area contributed by atoms with Crippen LogP contribution in [0.2, 0.25) is 0 Å². The molecular weight excluding hydrogens is 642 g/mol. The van der Waals surface area contributed by atoms with Crippen LogP contribution in [0.25, 0.3) is 11.1 Å². The van der Waals surface area contributed by atoms with Crippen LogP contribution < -0.4 is 24.8 Å². The van der Waals surface area contributed by atoms with E-state index >= 15 is 0 Å². The van der Waals surface area contributed by atoms with E-state index in [2.05, 4.69) is 91.9 Å². The third-order valence-electron chi connectivity index (χ3n) is 5.22. The van der Waals surface area contributed by atoms with Crippen LogP contribution in [-0.4, -0.2) is 3.26 Å². The van der Waals surface area contributed by atoms with E-state index in [-0.39, 0.29) is 24.8 Å². The van der Waals surface area contributed by atoms with E-state index in [0.29, 0.717) is 0 Å². The van der Waals surface area contributed by atoms with Gasteiger partial charge in [0.05, 0.1) is 0 Å². The molecule has 0 unspecified atom stereocenters. The molecule has 0 atom stereocenters. The topological polar surface area (TPSA) is 0 Å². The first-order chi connectivity index (χ1) is 15.7. The van der Waals surface area contributed by atoms with Gasteiger partial charge in [0.15, 0.2) is 0 Å². The molecule has 5 aromatic rings. The third-order valence-corrected chi connectivity index (χ3v) is 8.90. The summed E-state index contributed by atoms with van der Waals surface area (Å²) >= 11 is 2.99. The predicted molar refractivity (Wildman–Crippen MR) is 134 cm³/mol. The Hall–Kier alpha value is -1.97. The Balaban J connectivity index is 0.000000191. The second kappa shape index (κ2) is 14.4. The summed E-state index contributed by atoms with van der Waals surface area (Å²) in [4.78, 5) is 2.82. The molecule has 34 heavy (non-hydrogen) atoms. The number of fused-ring (bicyclic) bond motifs is 3. The first kappa shape index (κ1) is 28.3. The van der Waals surface area contributed by atoms with Crippen LogP contribution in [-0.2, 0) is 30.3 Å². The molecule has 1 aromatic heterocycles. The van der Waals surface area contributed by atoms with Gasteiger partial charge in [0.2, 0.25) is 0 Å². The number of aryl methyl sites for hydroxylation is 1.